The monoisotopic (exact) mass is 137 g/mol. The summed E-state index contributed by atoms with van der Waals surface area (Å²) in [6.45, 7) is 0.782. The summed E-state index contributed by atoms with van der Waals surface area (Å²) >= 11 is 0. The number of aromatic nitrogens is 2. The predicted molar refractivity (Wildman–Crippen MR) is 38.5 cm³/mol. The summed E-state index contributed by atoms with van der Waals surface area (Å²) in [5.41, 5.74) is 8.04. The Hall–Kier alpha value is -0.830. The maximum absolute atomic E-state index is 5.53. The first-order valence-electron chi connectivity index (χ1n) is 3.61. The zero-order valence-corrected chi connectivity index (χ0v) is 5.80. The van der Waals surface area contributed by atoms with E-state index in [1.807, 2.05) is 0 Å². The minimum atomic E-state index is 0.634. The molecule has 1 heterocycles. The van der Waals surface area contributed by atoms with Gasteiger partial charge in [0.25, 0.3) is 0 Å². The van der Waals surface area contributed by atoms with Gasteiger partial charge in [-0.25, -0.2) is 4.98 Å². The first kappa shape index (κ1) is 5.92. The van der Waals surface area contributed by atoms with Crippen LogP contribution in [0.25, 0.3) is 0 Å². The van der Waals surface area contributed by atoms with Crippen LogP contribution in [0.4, 0.5) is 0 Å². The van der Waals surface area contributed by atoms with E-state index in [4.69, 9.17) is 5.73 Å². The van der Waals surface area contributed by atoms with E-state index in [1.165, 1.54) is 11.4 Å². The molecule has 0 bridgehead atoms. The molecule has 3 heteroatoms. The van der Waals surface area contributed by atoms with Gasteiger partial charge in [0, 0.05) is 5.69 Å². The molecule has 1 aliphatic carbocycles. The lowest BCUT2D eigenvalue weighted by Crippen LogP contribution is -2.14. The molecule has 0 saturated heterocycles. The number of nitrogens with one attached hydrogen (secondary N) is 1. The summed E-state index contributed by atoms with van der Waals surface area (Å²) in [5.74, 6) is 0.634. The minimum absolute atomic E-state index is 0.634. The van der Waals surface area contributed by atoms with Gasteiger partial charge in [-0.2, -0.15) is 0 Å². The molecule has 1 unspecified atom stereocenters. The number of hydrogen-bond donors (Lipinski definition) is 2. The quantitative estimate of drug-likeness (QED) is 0.576. The van der Waals surface area contributed by atoms with E-state index in [9.17, 15) is 0 Å². The molecule has 1 aromatic rings. The van der Waals surface area contributed by atoms with Crippen molar-refractivity contribution >= 4 is 0 Å². The van der Waals surface area contributed by atoms with Crippen LogP contribution in [-0.4, -0.2) is 16.5 Å². The fourth-order valence-corrected chi connectivity index (χ4v) is 1.50. The van der Waals surface area contributed by atoms with Crippen LogP contribution >= 0.6 is 0 Å². The Labute approximate surface area is 59.7 Å². The second-order valence-electron chi connectivity index (χ2n) is 2.84. The Morgan fingerprint density at radius 1 is 1.70 bits per heavy atom. The summed E-state index contributed by atoms with van der Waals surface area (Å²) in [6.07, 6.45) is 3.92. The minimum Gasteiger partial charge on any atom is -0.348 e. The molecule has 3 nitrogen and oxygen atoms in total. The second-order valence-corrected chi connectivity index (χ2v) is 2.84. The van der Waals surface area contributed by atoms with E-state index in [0.29, 0.717) is 5.92 Å². The molecule has 10 heavy (non-hydrogen) atoms. The molecule has 0 aliphatic heterocycles. The van der Waals surface area contributed by atoms with Crippen LogP contribution in [0.3, 0.4) is 0 Å². The van der Waals surface area contributed by atoms with Crippen LogP contribution in [0.15, 0.2) is 6.33 Å². The molecule has 0 aromatic carbocycles. The number of aromatic amines is 1. The summed E-state index contributed by atoms with van der Waals surface area (Å²) in [5, 5.41) is 0. The van der Waals surface area contributed by atoms with Crippen LogP contribution < -0.4 is 5.73 Å². The molecular weight excluding hydrogens is 126 g/mol. The van der Waals surface area contributed by atoms with Crippen LogP contribution in [0.2, 0.25) is 0 Å². The van der Waals surface area contributed by atoms with Gasteiger partial charge in [-0.05, 0) is 25.3 Å². The molecule has 1 aromatic heterocycles. The lowest BCUT2D eigenvalue weighted by atomic mass is 10.1. The number of hydrogen-bond acceptors (Lipinski definition) is 2. The maximum Gasteiger partial charge on any atom is 0.0925 e. The number of imidazole rings is 1. The van der Waals surface area contributed by atoms with Crippen molar-refractivity contribution in [3.05, 3.63) is 17.7 Å². The van der Waals surface area contributed by atoms with Gasteiger partial charge < -0.3 is 10.7 Å². The number of fused-ring (bicyclic) bond motifs is 1. The van der Waals surface area contributed by atoms with Gasteiger partial charge in [-0.1, -0.05) is 0 Å². The fourth-order valence-electron chi connectivity index (χ4n) is 1.50. The van der Waals surface area contributed by atoms with Crippen LogP contribution in [-0.2, 0) is 12.8 Å². The normalized spacial score (nSPS) is 17.7. The van der Waals surface area contributed by atoms with Crippen LogP contribution in [0.5, 0.6) is 0 Å². The smallest absolute Gasteiger partial charge is 0.0925 e. The van der Waals surface area contributed by atoms with Crippen LogP contribution in [0, 0.1) is 5.92 Å². The highest BCUT2D eigenvalue weighted by Gasteiger charge is 2.21. The van der Waals surface area contributed by atoms with Crippen molar-refractivity contribution in [2.75, 3.05) is 6.54 Å². The zero-order valence-electron chi connectivity index (χ0n) is 5.80. The molecule has 0 radical (unpaired) electrons. The molecule has 0 amide bonds. The molecule has 0 saturated carbocycles. The van der Waals surface area contributed by atoms with E-state index in [1.54, 1.807) is 6.33 Å². The fraction of sp³-hybridized carbons (Fsp3) is 0.571. The predicted octanol–water partition coefficient (Wildman–Crippen LogP) is 0.0832. The van der Waals surface area contributed by atoms with E-state index >= 15 is 0 Å². The first-order valence-corrected chi connectivity index (χ1v) is 3.61. The molecule has 54 valence electrons. The van der Waals surface area contributed by atoms with Gasteiger partial charge in [-0.15, -0.1) is 0 Å². The summed E-state index contributed by atoms with van der Waals surface area (Å²) in [4.78, 5) is 7.30. The third-order valence-electron chi connectivity index (χ3n) is 2.12. The standard InChI is InChI=1S/C7H11N3/c8-3-5-1-6-7(2-5)10-4-9-6/h4-5H,1-3,8H2,(H,9,10). The van der Waals surface area contributed by atoms with Gasteiger partial charge in [0.15, 0.2) is 0 Å². The first-order chi connectivity index (χ1) is 4.90. The summed E-state index contributed by atoms with van der Waals surface area (Å²) < 4.78 is 0. The van der Waals surface area contributed by atoms with Gasteiger partial charge in [0.05, 0.1) is 12.0 Å². The SMILES string of the molecule is NCC1Cc2nc[nH]c2C1. The topological polar surface area (TPSA) is 54.7 Å². The summed E-state index contributed by atoms with van der Waals surface area (Å²) in [6, 6.07) is 0. The Bertz CT molecular complexity index is 208. The molecule has 1 aliphatic rings. The second kappa shape index (κ2) is 2.09. The highest BCUT2D eigenvalue weighted by Crippen LogP contribution is 2.21. The lowest BCUT2D eigenvalue weighted by Gasteiger charge is -2.01. The molecule has 3 N–H and O–H groups in total. The Morgan fingerprint density at radius 3 is 3.30 bits per heavy atom. The van der Waals surface area contributed by atoms with Crippen molar-refractivity contribution < 1.29 is 0 Å². The number of nitrogens with zero attached hydrogens (tertiary/aromatic N) is 1. The number of nitrogens with two attached hydrogens (primary N) is 1. The van der Waals surface area contributed by atoms with E-state index in [0.717, 1.165) is 19.4 Å². The van der Waals surface area contributed by atoms with Crippen molar-refractivity contribution in [1.29, 1.82) is 0 Å². The molecule has 0 spiro atoms. The average Bonchev–Trinajstić information content (AvgIpc) is 2.42. The maximum atomic E-state index is 5.53. The van der Waals surface area contributed by atoms with E-state index in [2.05, 4.69) is 9.97 Å². The molecule has 2 rings (SSSR count). The Kier molecular flexibility index (Phi) is 1.24. The Morgan fingerprint density at radius 2 is 2.60 bits per heavy atom. The lowest BCUT2D eigenvalue weighted by molar-refractivity contribution is 0.566. The highest BCUT2D eigenvalue weighted by molar-refractivity contribution is 5.18. The zero-order chi connectivity index (χ0) is 6.97. The van der Waals surface area contributed by atoms with E-state index in [-0.39, 0.29) is 0 Å². The van der Waals surface area contributed by atoms with Crippen molar-refractivity contribution in [1.82, 2.24) is 9.97 Å². The Balaban J connectivity index is 2.21. The largest absolute Gasteiger partial charge is 0.348 e. The molecule has 1 atom stereocenters. The van der Waals surface area contributed by atoms with E-state index < -0.39 is 0 Å². The van der Waals surface area contributed by atoms with Gasteiger partial charge in [-0.3, -0.25) is 0 Å². The van der Waals surface area contributed by atoms with Gasteiger partial charge in [0.1, 0.15) is 0 Å². The molecule has 0 fully saturated rings. The van der Waals surface area contributed by atoms with Crippen molar-refractivity contribution in [2.24, 2.45) is 11.7 Å². The van der Waals surface area contributed by atoms with Gasteiger partial charge >= 0.3 is 0 Å². The van der Waals surface area contributed by atoms with Crippen molar-refractivity contribution in [3.8, 4) is 0 Å². The van der Waals surface area contributed by atoms with Gasteiger partial charge in [0.2, 0.25) is 0 Å². The van der Waals surface area contributed by atoms with Crippen LogP contribution in [0.1, 0.15) is 11.4 Å². The number of H-pyrrole nitrogens is 1. The summed E-state index contributed by atoms with van der Waals surface area (Å²) in [7, 11) is 0. The average molecular weight is 137 g/mol. The molecular formula is C7H11N3. The third-order valence-corrected chi connectivity index (χ3v) is 2.12. The van der Waals surface area contributed by atoms with Crippen molar-refractivity contribution in [2.45, 2.75) is 12.8 Å². The third kappa shape index (κ3) is 0.743. The highest BCUT2D eigenvalue weighted by atomic mass is 14.9. The van der Waals surface area contributed by atoms with Crippen molar-refractivity contribution in [3.63, 3.8) is 0 Å². The number of rotatable bonds is 1.